The van der Waals surface area contributed by atoms with Crippen molar-refractivity contribution < 1.29 is 9.63 Å². The van der Waals surface area contributed by atoms with Gasteiger partial charge < -0.3 is 10.6 Å². The Labute approximate surface area is 76.4 Å². The van der Waals surface area contributed by atoms with Crippen LogP contribution in [0.1, 0.15) is 6.42 Å². The molecule has 6 heteroatoms. The van der Waals surface area contributed by atoms with Crippen LogP contribution >= 0.6 is 24.2 Å². The van der Waals surface area contributed by atoms with E-state index < -0.39 is 12.0 Å². The Bertz CT molecular complexity index is 115. The van der Waals surface area contributed by atoms with E-state index in [0.29, 0.717) is 6.42 Å². The largest absolute Gasteiger partial charge is 0.372 e. The van der Waals surface area contributed by atoms with Gasteiger partial charge in [-0.3, -0.25) is 0 Å². The maximum absolute atomic E-state index is 10.5. The monoisotopic (exact) mass is 200 g/mol. The number of hydrogen-bond acceptors (Lipinski definition) is 5. The molecule has 0 saturated heterocycles. The maximum atomic E-state index is 10.5. The molecule has 11 heavy (non-hydrogen) atoms. The summed E-state index contributed by atoms with van der Waals surface area (Å²) in [5, 5.41) is 0. The predicted octanol–water partition coefficient (Wildman–Crippen LogP) is -0.0945. The molecule has 1 atom stereocenters. The first-order valence-electron chi connectivity index (χ1n) is 2.87. The fourth-order valence-electron chi connectivity index (χ4n) is 0.450. The van der Waals surface area contributed by atoms with Gasteiger partial charge in [0.05, 0.1) is 0 Å². The molecule has 0 aromatic carbocycles. The van der Waals surface area contributed by atoms with E-state index in [0.717, 1.165) is 5.75 Å². The lowest BCUT2D eigenvalue weighted by molar-refractivity contribution is -0.145. The molecular weight excluding hydrogens is 188 g/mol. The van der Waals surface area contributed by atoms with Crippen molar-refractivity contribution in [3.8, 4) is 0 Å². The summed E-state index contributed by atoms with van der Waals surface area (Å²) >= 11 is 1.63. The minimum atomic E-state index is -0.572. The summed E-state index contributed by atoms with van der Waals surface area (Å²) in [5.74, 6) is 4.90. The molecule has 0 heterocycles. The second-order valence-corrected chi connectivity index (χ2v) is 2.81. The normalized spacial score (nSPS) is 11.5. The van der Waals surface area contributed by atoms with Crippen LogP contribution in [-0.4, -0.2) is 24.0 Å². The predicted molar refractivity (Wildman–Crippen MR) is 48.5 cm³/mol. The fourth-order valence-corrected chi connectivity index (χ4v) is 0.940. The molecule has 0 aliphatic heterocycles. The smallest absolute Gasteiger partial charge is 0.341 e. The van der Waals surface area contributed by atoms with Crippen LogP contribution in [0, 0.1) is 0 Å². The summed E-state index contributed by atoms with van der Waals surface area (Å²) in [5.41, 5.74) is 5.35. The molecule has 0 radical (unpaired) electrons. The Hall–Kier alpha value is 0.0300. The number of nitrogens with two attached hydrogens (primary N) is 2. The first-order chi connectivity index (χ1) is 4.72. The zero-order valence-corrected chi connectivity index (χ0v) is 7.91. The highest BCUT2D eigenvalue weighted by atomic mass is 35.5. The van der Waals surface area contributed by atoms with Crippen LogP contribution in [0.15, 0.2) is 0 Å². The van der Waals surface area contributed by atoms with Gasteiger partial charge in [-0.05, 0) is 18.4 Å². The second-order valence-electron chi connectivity index (χ2n) is 1.82. The lowest BCUT2D eigenvalue weighted by atomic mass is 10.2. The Morgan fingerprint density at radius 3 is 2.64 bits per heavy atom. The van der Waals surface area contributed by atoms with E-state index in [4.69, 9.17) is 5.73 Å². The van der Waals surface area contributed by atoms with Crippen molar-refractivity contribution in [3.63, 3.8) is 0 Å². The Kier molecular flexibility index (Phi) is 10.1. The van der Waals surface area contributed by atoms with Crippen LogP contribution in [0.25, 0.3) is 0 Å². The van der Waals surface area contributed by atoms with E-state index in [-0.39, 0.29) is 12.4 Å². The third-order valence-electron chi connectivity index (χ3n) is 1.05. The highest BCUT2D eigenvalue weighted by Gasteiger charge is 2.12. The number of carbonyl (C=O) groups excluding carboxylic acids is 1. The van der Waals surface area contributed by atoms with Crippen LogP contribution in [0.3, 0.4) is 0 Å². The Morgan fingerprint density at radius 1 is 1.73 bits per heavy atom. The Balaban J connectivity index is 0. The summed E-state index contributed by atoms with van der Waals surface area (Å²) in [4.78, 5) is 14.5. The van der Waals surface area contributed by atoms with Crippen molar-refractivity contribution in [1.29, 1.82) is 0 Å². The standard InChI is InChI=1S/C5H12N2O2S.ClH/c1-10-3-2-4(6)5(8)9-7;/h4H,2-3,6-7H2,1H3;1H/t4-;/m0./s1. The minimum absolute atomic E-state index is 0. The molecule has 4 N–H and O–H groups in total. The molecule has 0 aromatic rings. The molecule has 0 rings (SSSR count). The van der Waals surface area contributed by atoms with Crippen molar-refractivity contribution in [1.82, 2.24) is 0 Å². The van der Waals surface area contributed by atoms with E-state index in [1.54, 1.807) is 11.8 Å². The van der Waals surface area contributed by atoms with Gasteiger partial charge in [0.1, 0.15) is 6.04 Å². The molecule has 0 aliphatic carbocycles. The number of rotatable bonds is 4. The van der Waals surface area contributed by atoms with Crippen LogP contribution in [0.2, 0.25) is 0 Å². The van der Waals surface area contributed by atoms with Gasteiger partial charge >= 0.3 is 5.97 Å². The lowest BCUT2D eigenvalue weighted by Gasteiger charge is -2.05. The third kappa shape index (κ3) is 6.43. The summed E-state index contributed by atoms with van der Waals surface area (Å²) < 4.78 is 0. The number of thioether (sulfide) groups is 1. The second kappa shape index (κ2) is 8.13. The van der Waals surface area contributed by atoms with Crippen LogP contribution in [-0.2, 0) is 9.63 Å². The molecule has 4 nitrogen and oxygen atoms in total. The Morgan fingerprint density at radius 2 is 2.27 bits per heavy atom. The van der Waals surface area contributed by atoms with Crippen LogP contribution in [0.4, 0.5) is 0 Å². The highest BCUT2D eigenvalue weighted by Crippen LogP contribution is 1.98. The quantitative estimate of drug-likeness (QED) is 0.620. The zero-order chi connectivity index (χ0) is 7.98. The molecule has 0 fully saturated rings. The van der Waals surface area contributed by atoms with Crippen molar-refractivity contribution >= 4 is 30.1 Å². The third-order valence-corrected chi connectivity index (χ3v) is 1.70. The van der Waals surface area contributed by atoms with E-state index in [1.807, 2.05) is 6.26 Å². The first-order valence-corrected chi connectivity index (χ1v) is 4.26. The summed E-state index contributed by atoms with van der Waals surface area (Å²) in [6.45, 7) is 0. The van der Waals surface area contributed by atoms with Crippen molar-refractivity contribution in [3.05, 3.63) is 0 Å². The lowest BCUT2D eigenvalue weighted by Crippen LogP contribution is -2.34. The molecule has 0 aliphatic rings. The van der Waals surface area contributed by atoms with E-state index in [2.05, 4.69) is 10.7 Å². The average Bonchev–Trinajstić information content (AvgIpc) is 1.98. The van der Waals surface area contributed by atoms with Gasteiger partial charge in [-0.1, -0.05) is 0 Å². The summed E-state index contributed by atoms with van der Waals surface area (Å²) in [7, 11) is 0. The van der Waals surface area contributed by atoms with Gasteiger partial charge in [-0.2, -0.15) is 17.7 Å². The molecular formula is C5H13ClN2O2S. The van der Waals surface area contributed by atoms with E-state index in [9.17, 15) is 4.79 Å². The van der Waals surface area contributed by atoms with Gasteiger partial charge in [0.25, 0.3) is 0 Å². The molecule has 0 amide bonds. The summed E-state index contributed by atoms with van der Waals surface area (Å²) in [6.07, 6.45) is 2.55. The van der Waals surface area contributed by atoms with Crippen molar-refractivity contribution in [2.24, 2.45) is 11.6 Å². The molecule has 0 aromatic heterocycles. The van der Waals surface area contributed by atoms with Crippen LogP contribution in [0.5, 0.6) is 0 Å². The van der Waals surface area contributed by atoms with Gasteiger partial charge in [-0.25, -0.2) is 4.79 Å². The number of carbonyl (C=O) groups is 1. The van der Waals surface area contributed by atoms with Crippen molar-refractivity contribution in [2.75, 3.05) is 12.0 Å². The van der Waals surface area contributed by atoms with Gasteiger partial charge in [0.2, 0.25) is 0 Å². The molecule has 0 bridgehead atoms. The molecule has 0 saturated carbocycles. The number of halogens is 1. The first kappa shape index (κ1) is 13.6. The van der Waals surface area contributed by atoms with Crippen molar-refractivity contribution in [2.45, 2.75) is 12.5 Å². The highest BCUT2D eigenvalue weighted by molar-refractivity contribution is 7.98. The SMILES string of the molecule is CSCC[C@H](N)C(=O)ON.Cl. The summed E-state index contributed by atoms with van der Waals surface area (Å²) in [6, 6.07) is -0.572. The fraction of sp³-hybridized carbons (Fsp3) is 0.800. The minimum Gasteiger partial charge on any atom is -0.372 e. The average molecular weight is 201 g/mol. The molecule has 68 valence electrons. The van der Waals surface area contributed by atoms with Gasteiger partial charge in [0.15, 0.2) is 0 Å². The van der Waals surface area contributed by atoms with Gasteiger partial charge in [-0.15, -0.1) is 12.4 Å². The maximum Gasteiger partial charge on any atom is 0.341 e. The number of hydrogen-bond donors (Lipinski definition) is 2. The van der Waals surface area contributed by atoms with Crippen LogP contribution < -0.4 is 11.6 Å². The topological polar surface area (TPSA) is 78.3 Å². The van der Waals surface area contributed by atoms with Gasteiger partial charge in [0, 0.05) is 0 Å². The zero-order valence-electron chi connectivity index (χ0n) is 6.28. The molecule has 0 spiro atoms. The molecule has 0 unspecified atom stereocenters. The van der Waals surface area contributed by atoms with E-state index in [1.165, 1.54) is 0 Å². The van der Waals surface area contributed by atoms with E-state index >= 15 is 0 Å².